The molecule has 1 amide bonds. The van der Waals surface area contributed by atoms with Gasteiger partial charge < -0.3 is 10.4 Å². The van der Waals surface area contributed by atoms with E-state index in [0.29, 0.717) is 22.6 Å². The van der Waals surface area contributed by atoms with Gasteiger partial charge in [0.15, 0.2) is 17.1 Å². The van der Waals surface area contributed by atoms with Crippen molar-refractivity contribution in [3.63, 3.8) is 0 Å². The maximum absolute atomic E-state index is 11.4. The van der Waals surface area contributed by atoms with E-state index in [0.717, 1.165) is 52.9 Å². The zero-order chi connectivity index (χ0) is 26.4. The smallest absolute Gasteiger partial charge is 0.405 e. The summed E-state index contributed by atoms with van der Waals surface area (Å²) in [5.74, 6) is 0.667. The molecule has 0 bridgehead atoms. The Morgan fingerprint density at radius 2 is 1.51 bits per heavy atom. The predicted molar refractivity (Wildman–Crippen MR) is 147 cm³/mol. The van der Waals surface area contributed by atoms with Crippen LogP contribution in [0.2, 0.25) is 0 Å². The van der Waals surface area contributed by atoms with Crippen LogP contribution in [0.1, 0.15) is 24.8 Å². The quantitative estimate of drug-likeness (QED) is 0.303. The molecule has 0 unspecified atom stereocenters. The van der Waals surface area contributed by atoms with Crippen LogP contribution in [0.5, 0.6) is 0 Å². The molecule has 0 spiro atoms. The maximum atomic E-state index is 11.4. The highest BCUT2D eigenvalue weighted by molar-refractivity contribution is 5.87. The summed E-state index contributed by atoms with van der Waals surface area (Å²) in [4.78, 5) is 25.8. The summed E-state index contributed by atoms with van der Waals surface area (Å²) in [6.07, 6.45) is 5.03. The lowest BCUT2D eigenvalue weighted by molar-refractivity contribution is 0.144. The normalized spacial score (nSPS) is 14.3. The van der Waals surface area contributed by atoms with Gasteiger partial charge in [-0.2, -0.15) is 0 Å². The second-order valence-electron chi connectivity index (χ2n) is 9.73. The Balaban J connectivity index is 1.42. The van der Waals surface area contributed by atoms with Crippen LogP contribution >= 0.6 is 0 Å². The highest BCUT2D eigenvalue weighted by atomic mass is 16.4. The largest absolute Gasteiger partial charge is 0.465 e. The van der Waals surface area contributed by atoms with Crippen LogP contribution < -0.4 is 5.32 Å². The van der Waals surface area contributed by atoms with Gasteiger partial charge in [0.2, 0.25) is 0 Å². The first kappa shape index (κ1) is 23.0. The lowest BCUT2D eigenvalue weighted by Crippen LogP contribution is -2.50. The number of rotatable bonds is 5. The van der Waals surface area contributed by atoms with E-state index in [2.05, 4.69) is 20.5 Å². The van der Waals surface area contributed by atoms with Gasteiger partial charge in [-0.15, -0.1) is 10.2 Å². The van der Waals surface area contributed by atoms with Gasteiger partial charge in [0.05, 0.1) is 16.9 Å². The Morgan fingerprint density at radius 1 is 0.795 bits per heavy atom. The molecule has 9 nitrogen and oxygen atoms in total. The van der Waals surface area contributed by atoms with Crippen molar-refractivity contribution in [1.29, 1.82) is 0 Å². The number of nitrogens with one attached hydrogen (secondary N) is 1. The second-order valence-corrected chi connectivity index (χ2v) is 9.73. The van der Waals surface area contributed by atoms with Crippen LogP contribution in [0.3, 0.4) is 0 Å². The number of benzene rings is 2. The minimum atomic E-state index is -1.00. The first-order valence-corrected chi connectivity index (χ1v) is 12.8. The number of amides is 1. The summed E-state index contributed by atoms with van der Waals surface area (Å²) in [5.41, 5.74) is 6.67. The van der Waals surface area contributed by atoms with Crippen LogP contribution in [-0.4, -0.2) is 40.7 Å². The Bertz CT molecular complexity index is 1830. The molecular weight excluding hydrogens is 490 g/mol. The van der Waals surface area contributed by atoms with Crippen molar-refractivity contribution in [1.82, 2.24) is 34.9 Å². The standard InChI is InChI=1S/C30H23N7O2/c38-29(39)34-30(15-4-16-30)22-9-7-20(8-10-22)25-26(19-5-2-1-3-6-19)33-28-23(32-25)11-12-24-35-36-27(37(24)28)21-13-17-31-18-14-21/h1-3,5-14,17-18,34H,4,15-16H2,(H,38,39). The van der Waals surface area contributed by atoms with Crippen LogP contribution in [-0.2, 0) is 5.54 Å². The molecule has 190 valence electrons. The summed E-state index contributed by atoms with van der Waals surface area (Å²) in [7, 11) is 0. The minimum absolute atomic E-state index is 0.523. The highest BCUT2D eigenvalue weighted by Gasteiger charge is 2.40. The molecule has 0 radical (unpaired) electrons. The number of hydrogen-bond acceptors (Lipinski definition) is 6. The SMILES string of the molecule is O=C(O)NC1(c2ccc(-c3nc4ccc5nnc(-c6ccncc6)n5c4nc3-c3ccccc3)cc2)CCC1. The third-order valence-corrected chi connectivity index (χ3v) is 7.44. The predicted octanol–water partition coefficient (Wildman–Crippen LogP) is 5.72. The molecule has 4 aromatic heterocycles. The van der Waals surface area contributed by atoms with E-state index in [1.165, 1.54) is 0 Å². The second kappa shape index (κ2) is 8.98. The molecule has 1 aliphatic carbocycles. The van der Waals surface area contributed by atoms with Crippen molar-refractivity contribution >= 4 is 22.9 Å². The van der Waals surface area contributed by atoms with Gasteiger partial charge in [-0.3, -0.25) is 9.38 Å². The first-order chi connectivity index (χ1) is 19.1. The Kier molecular flexibility index (Phi) is 5.29. The lowest BCUT2D eigenvalue weighted by atomic mass is 9.71. The molecular formula is C30H23N7O2. The number of nitrogens with zero attached hydrogens (tertiary/aromatic N) is 6. The molecule has 2 aromatic carbocycles. The molecule has 1 aliphatic rings. The fourth-order valence-electron chi connectivity index (χ4n) is 5.34. The number of pyridine rings is 2. The molecule has 4 heterocycles. The van der Waals surface area contributed by atoms with E-state index in [-0.39, 0.29) is 0 Å². The van der Waals surface area contributed by atoms with Gasteiger partial charge in [-0.05, 0) is 49.1 Å². The highest BCUT2D eigenvalue weighted by Crippen LogP contribution is 2.42. The van der Waals surface area contributed by atoms with Crippen molar-refractivity contribution in [3.8, 4) is 33.9 Å². The van der Waals surface area contributed by atoms with Gasteiger partial charge in [-0.25, -0.2) is 14.8 Å². The van der Waals surface area contributed by atoms with E-state index in [1.807, 2.05) is 83.3 Å². The monoisotopic (exact) mass is 513 g/mol. The van der Waals surface area contributed by atoms with Crippen molar-refractivity contribution in [2.75, 3.05) is 0 Å². The fraction of sp³-hybridized carbons (Fsp3) is 0.133. The summed E-state index contributed by atoms with van der Waals surface area (Å²) in [6.45, 7) is 0. The summed E-state index contributed by atoms with van der Waals surface area (Å²) in [5, 5.41) is 20.9. The van der Waals surface area contributed by atoms with Gasteiger partial charge in [0, 0.05) is 29.1 Å². The van der Waals surface area contributed by atoms with Crippen LogP contribution in [0.4, 0.5) is 4.79 Å². The van der Waals surface area contributed by atoms with Gasteiger partial charge in [0.25, 0.3) is 0 Å². The molecule has 0 saturated heterocycles. The Hall–Kier alpha value is -5.18. The summed E-state index contributed by atoms with van der Waals surface area (Å²) >= 11 is 0. The fourth-order valence-corrected chi connectivity index (χ4v) is 5.34. The van der Waals surface area contributed by atoms with Crippen molar-refractivity contribution in [2.45, 2.75) is 24.8 Å². The topological polar surface area (TPSA) is 118 Å². The molecule has 2 N–H and O–H groups in total. The van der Waals surface area contributed by atoms with Crippen molar-refractivity contribution in [3.05, 3.63) is 96.8 Å². The van der Waals surface area contributed by atoms with Gasteiger partial charge in [0.1, 0.15) is 5.52 Å². The molecule has 0 atom stereocenters. The number of hydrogen-bond donors (Lipinski definition) is 2. The zero-order valence-corrected chi connectivity index (χ0v) is 20.8. The van der Waals surface area contributed by atoms with E-state index >= 15 is 0 Å². The third kappa shape index (κ3) is 3.86. The first-order valence-electron chi connectivity index (χ1n) is 12.8. The Labute approximate surface area is 223 Å². The molecule has 1 fully saturated rings. The van der Waals surface area contributed by atoms with E-state index in [4.69, 9.17) is 9.97 Å². The minimum Gasteiger partial charge on any atom is -0.465 e. The number of fused-ring (bicyclic) bond motifs is 3. The van der Waals surface area contributed by atoms with E-state index in [1.54, 1.807) is 12.4 Å². The summed E-state index contributed by atoms with van der Waals surface area (Å²) in [6, 6.07) is 25.6. The van der Waals surface area contributed by atoms with Gasteiger partial charge in [-0.1, -0.05) is 54.6 Å². The average molecular weight is 514 g/mol. The third-order valence-electron chi connectivity index (χ3n) is 7.44. The molecule has 6 aromatic rings. The van der Waals surface area contributed by atoms with Gasteiger partial charge >= 0.3 is 6.09 Å². The van der Waals surface area contributed by atoms with Crippen LogP contribution in [0.15, 0.2) is 91.3 Å². The maximum Gasteiger partial charge on any atom is 0.405 e. The lowest BCUT2D eigenvalue weighted by Gasteiger charge is -2.42. The molecule has 1 saturated carbocycles. The zero-order valence-electron chi connectivity index (χ0n) is 20.8. The van der Waals surface area contributed by atoms with Crippen LogP contribution in [0.25, 0.3) is 50.7 Å². The molecule has 0 aliphatic heterocycles. The summed E-state index contributed by atoms with van der Waals surface area (Å²) < 4.78 is 1.93. The Morgan fingerprint density at radius 3 is 2.21 bits per heavy atom. The molecule has 9 heteroatoms. The number of carboxylic acid groups (broad SMARTS) is 1. The van der Waals surface area contributed by atoms with Crippen LogP contribution in [0, 0.1) is 0 Å². The van der Waals surface area contributed by atoms with E-state index in [9.17, 15) is 9.90 Å². The average Bonchev–Trinajstić information content (AvgIpc) is 3.40. The molecule has 39 heavy (non-hydrogen) atoms. The van der Waals surface area contributed by atoms with Crippen molar-refractivity contribution in [2.24, 2.45) is 0 Å². The van der Waals surface area contributed by atoms with Crippen molar-refractivity contribution < 1.29 is 9.90 Å². The van der Waals surface area contributed by atoms with E-state index < -0.39 is 11.6 Å². The number of aromatic nitrogens is 6. The number of carbonyl (C=O) groups is 1. The molecule has 7 rings (SSSR count).